The van der Waals surface area contributed by atoms with E-state index in [-0.39, 0.29) is 5.25 Å². The van der Waals surface area contributed by atoms with Gasteiger partial charge in [0.15, 0.2) is 0 Å². The van der Waals surface area contributed by atoms with E-state index in [0.29, 0.717) is 0 Å². The molecule has 0 amide bonds. The van der Waals surface area contributed by atoms with Crippen LogP contribution in [0.3, 0.4) is 0 Å². The maximum Gasteiger partial charge on any atom is 0.112 e. The van der Waals surface area contributed by atoms with Gasteiger partial charge in [0.1, 0.15) is 6.17 Å². The zero-order valence-corrected chi connectivity index (χ0v) is 10.8. The molecule has 15 heavy (non-hydrogen) atoms. The maximum absolute atomic E-state index is 13.8. The average Bonchev–Trinajstić information content (AvgIpc) is 2.23. The van der Waals surface area contributed by atoms with Crippen molar-refractivity contribution in [2.45, 2.75) is 75.6 Å². The lowest BCUT2D eigenvalue weighted by molar-refractivity contribution is 0.285. The first-order chi connectivity index (χ1) is 7.34. The predicted octanol–water partition coefficient (Wildman–Crippen LogP) is 4.97. The largest absolute Gasteiger partial charge is 0.246 e. The van der Waals surface area contributed by atoms with Gasteiger partial charge in [-0.3, -0.25) is 0 Å². The summed E-state index contributed by atoms with van der Waals surface area (Å²) in [6.07, 6.45) is 13.7. The Labute approximate surface area is 98.4 Å². The molecule has 2 heteroatoms. The van der Waals surface area contributed by atoms with Gasteiger partial charge in [0.25, 0.3) is 0 Å². The molecule has 0 radical (unpaired) electrons. The Morgan fingerprint density at radius 1 is 0.800 bits per heavy atom. The monoisotopic (exact) mass is 232 g/mol. The summed E-state index contributed by atoms with van der Waals surface area (Å²) in [7, 11) is 0. The van der Waals surface area contributed by atoms with Crippen LogP contribution in [-0.2, 0) is 0 Å². The maximum atomic E-state index is 13.8. The van der Waals surface area contributed by atoms with Crippen LogP contribution < -0.4 is 0 Å². The highest BCUT2D eigenvalue weighted by molar-refractivity contribution is 7.99. The molecule has 1 rings (SSSR count). The number of thioether (sulfide) groups is 1. The van der Waals surface area contributed by atoms with Crippen molar-refractivity contribution in [1.82, 2.24) is 0 Å². The predicted molar refractivity (Wildman–Crippen MR) is 68.4 cm³/mol. The molecule has 0 bridgehead atoms. The molecule has 1 saturated carbocycles. The van der Waals surface area contributed by atoms with E-state index in [0.717, 1.165) is 19.3 Å². The van der Waals surface area contributed by atoms with Gasteiger partial charge in [0.05, 0.1) is 0 Å². The molecule has 0 aromatic rings. The van der Waals surface area contributed by atoms with Crippen LogP contribution >= 0.6 is 11.8 Å². The second-order valence-electron chi connectivity index (χ2n) is 4.70. The molecule has 2 atom stereocenters. The summed E-state index contributed by atoms with van der Waals surface area (Å²) in [6, 6.07) is 0. The molecule has 90 valence electrons. The van der Waals surface area contributed by atoms with Crippen LogP contribution in [0.15, 0.2) is 0 Å². The average molecular weight is 232 g/mol. The van der Waals surface area contributed by atoms with Gasteiger partial charge in [-0.15, -0.1) is 0 Å². The Morgan fingerprint density at radius 3 is 1.80 bits per heavy atom. The van der Waals surface area contributed by atoms with Crippen molar-refractivity contribution < 1.29 is 4.39 Å². The lowest BCUT2D eigenvalue weighted by Gasteiger charge is -2.19. The van der Waals surface area contributed by atoms with Crippen LogP contribution in [-0.4, -0.2) is 17.7 Å². The summed E-state index contributed by atoms with van der Waals surface area (Å²) in [6.45, 7) is 0. The van der Waals surface area contributed by atoms with Crippen molar-refractivity contribution in [3.8, 4) is 0 Å². The molecule has 1 aliphatic carbocycles. The number of alkyl halides is 1. The van der Waals surface area contributed by atoms with Crippen molar-refractivity contribution in [1.29, 1.82) is 0 Å². The highest BCUT2D eigenvalue weighted by atomic mass is 32.2. The van der Waals surface area contributed by atoms with Crippen LogP contribution in [0.1, 0.15) is 64.2 Å². The van der Waals surface area contributed by atoms with Crippen LogP contribution in [0.2, 0.25) is 0 Å². The number of hydrogen-bond donors (Lipinski definition) is 0. The van der Waals surface area contributed by atoms with Gasteiger partial charge in [0.2, 0.25) is 0 Å². The number of hydrogen-bond acceptors (Lipinski definition) is 1. The first-order valence-electron chi connectivity index (χ1n) is 6.51. The molecule has 1 fully saturated rings. The van der Waals surface area contributed by atoms with E-state index < -0.39 is 6.17 Å². The van der Waals surface area contributed by atoms with Gasteiger partial charge < -0.3 is 0 Å². The van der Waals surface area contributed by atoms with Gasteiger partial charge in [-0.1, -0.05) is 51.4 Å². The minimum absolute atomic E-state index is 0.268. The SMILES string of the molecule is CSC1CCCCCCCCCC[C@H]1F. The minimum Gasteiger partial charge on any atom is -0.246 e. The van der Waals surface area contributed by atoms with Gasteiger partial charge in [-0.25, -0.2) is 4.39 Å². The van der Waals surface area contributed by atoms with Crippen LogP contribution in [0.5, 0.6) is 0 Å². The van der Waals surface area contributed by atoms with Crippen molar-refractivity contribution in [3.63, 3.8) is 0 Å². The highest BCUT2D eigenvalue weighted by Crippen LogP contribution is 2.26. The van der Waals surface area contributed by atoms with Crippen LogP contribution in [0.4, 0.5) is 4.39 Å². The fourth-order valence-corrected chi connectivity index (χ4v) is 3.21. The second kappa shape index (κ2) is 8.43. The molecule has 0 N–H and O–H groups in total. The highest BCUT2D eigenvalue weighted by Gasteiger charge is 2.19. The zero-order valence-electron chi connectivity index (χ0n) is 10.0. The molecule has 0 saturated heterocycles. The van der Waals surface area contributed by atoms with Gasteiger partial charge >= 0.3 is 0 Å². The molecule has 1 aliphatic rings. The third-order valence-corrected chi connectivity index (χ3v) is 4.56. The Bertz CT molecular complexity index is 149. The summed E-state index contributed by atoms with van der Waals surface area (Å²) < 4.78 is 13.8. The minimum atomic E-state index is -0.556. The number of halogens is 1. The first kappa shape index (κ1) is 13.3. The smallest absolute Gasteiger partial charge is 0.112 e. The van der Waals surface area contributed by atoms with E-state index in [1.165, 1.54) is 44.9 Å². The van der Waals surface area contributed by atoms with E-state index in [9.17, 15) is 4.39 Å². The molecule has 0 aliphatic heterocycles. The standard InChI is InChI=1S/C13H25FS/c1-15-13-11-9-7-5-3-2-4-6-8-10-12(13)14/h12-13H,2-11H2,1H3/t12-,13?/m1/s1. The molecule has 0 nitrogen and oxygen atoms in total. The fraction of sp³-hybridized carbons (Fsp3) is 1.00. The van der Waals surface area contributed by atoms with Crippen LogP contribution in [0.25, 0.3) is 0 Å². The van der Waals surface area contributed by atoms with Crippen molar-refractivity contribution >= 4 is 11.8 Å². The topological polar surface area (TPSA) is 0 Å². The zero-order chi connectivity index (χ0) is 10.9. The van der Waals surface area contributed by atoms with Crippen molar-refractivity contribution in [2.24, 2.45) is 0 Å². The third-order valence-electron chi connectivity index (χ3n) is 3.42. The van der Waals surface area contributed by atoms with Gasteiger partial charge in [-0.05, 0) is 19.1 Å². The Hall–Kier alpha value is 0.280. The quantitative estimate of drug-likeness (QED) is 0.615. The second-order valence-corrected chi connectivity index (χ2v) is 5.77. The first-order valence-corrected chi connectivity index (χ1v) is 7.80. The Balaban J connectivity index is 2.30. The summed E-state index contributed by atoms with van der Waals surface area (Å²) in [5, 5.41) is 0.268. The fourth-order valence-electron chi connectivity index (χ4n) is 2.38. The summed E-state index contributed by atoms with van der Waals surface area (Å²) in [5.41, 5.74) is 0. The van der Waals surface area contributed by atoms with E-state index >= 15 is 0 Å². The van der Waals surface area contributed by atoms with Crippen molar-refractivity contribution in [3.05, 3.63) is 0 Å². The molecule has 0 spiro atoms. The van der Waals surface area contributed by atoms with Crippen molar-refractivity contribution in [2.75, 3.05) is 6.26 Å². The molecule has 0 aromatic carbocycles. The van der Waals surface area contributed by atoms with Gasteiger partial charge in [0, 0.05) is 5.25 Å². The van der Waals surface area contributed by atoms with Crippen LogP contribution in [0, 0.1) is 0 Å². The summed E-state index contributed by atoms with van der Waals surface area (Å²) in [4.78, 5) is 0. The third kappa shape index (κ3) is 5.79. The lowest BCUT2D eigenvalue weighted by Crippen LogP contribution is -2.18. The van der Waals surface area contributed by atoms with E-state index in [1.807, 2.05) is 0 Å². The lowest BCUT2D eigenvalue weighted by atomic mass is 10.00. The Kier molecular flexibility index (Phi) is 7.50. The van der Waals surface area contributed by atoms with Gasteiger partial charge in [-0.2, -0.15) is 11.8 Å². The molecular weight excluding hydrogens is 207 g/mol. The summed E-state index contributed by atoms with van der Waals surface area (Å²) >= 11 is 1.73. The Morgan fingerprint density at radius 2 is 1.27 bits per heavy atom. The van der Waals surface area contributed by atoms with E-state index in [2.05, 4.69) is 6.26 Å². The molecular formula is C13H25FS. The number of rotatable bonds is 1. The molecule has 1 unspecified atom stereocenters. The molecule has 0 aromatic heterocycles. The van der Waals surface area contributed by atoms with E-state index in [4.69, 9.17) is 0 Å². The summed E-state index contributed by atoms with van der Waals surface area (Å²) in [5.74, 6) is 0. The van der Waals surface area contributed by atoms with E-state index in [1.54, 1.807) is 11.8 Å². The molecule has 0 heterocycles. The normalized spacial score (nSPS) is 31.6.